The standard InChI is InChI=1S/C24H30N4O3/c1-15(2)24(30)27-11-7-9-18(13-27)22-25-16(3)19-12-21(29)28(23(19)26-22)14-17-8-5-6-10-20(17)31-4/h5-6,8,10,15,18H,7,9,11-14H2,1-4H3/t18-/m0/s1. The van der Waals surface area contributed by atoms with Crippen molar-refractivity contribution in [3.63, 3.8) is 0 Å². The average Bonchev–Trinajstić information content (AvgIpc) is 3.09. The van der Waals surface area contributed by atoms with Crippen LogP contribution >= 0.6 is 0 Å². The fourth-order valence-corrected chi connectivity index (χ4v) is 4.50. The molecule has 0 spiro atoms. The molecule has 2 aliphatic heterocycles. The van der Waals surface area contributed by atoms with Crippen LogP contribution in [0.5, 0.6) is 5.75 Å². The number of anilines is 1. The highest BCUT2D eigenvalue weighted by atomic mass is 16.5. The van der Waals surface area contributed by atoms with Crippen molar-refractivity contribution in [2.24, 2.45) is 5.92 Å². The Bertz CT molecular complexity index is 1000. The first-order valence-electron chi connectivity index (χ1n) is 11.0. The van der Waals surface area contributed by atoms with Crippen LogP contribution in [-0.2, 0) is 22.6 Å². The summed E-state index contributed by atoms with van der Waals surface area (Å²) in [7, 11) is 1.64. The summed E-state index contributed by atoms with van der Waals surface area (Å²) in [5.41, 5.74) is 2.69. The molecule has 7 heteroatoms. The lowest BCUT2D eigenvalue weighted by Gasteiger charge is -2.33. The number of hydrogen-bond donors (Lipinski definition) is 0. The Hall–Kier alpha value is -2.96. The number of carbonyl (C=O) groups excluding carboxylic acids is 2. The molecule has 1 fully saturated rings. The number of nitrogens with zero attached hydrogens (tertiary/aromatic N) is 4. The molecule has 31 heavy (non-hydrogen) atoms. The van der Waals surface area contributed by atoms with Crippen LogP contribution in [0, 0.1) is 12.8 Å². The molecule has 0 aliphatic carbocycles. The van der Waals surface area contributed by atoms with Crippen LogP contribution in [0.2, 0.25) is 0 Å². The van der Waals surface area contributed by atoms with Crippen molar-refractivity contribution in [3.8, 4) is 5.75 Å². The van der Waals surface area contributed by atoms with E-state index in [1.54, 1.807) is 12.0 Å². The summed E-state index contributed by atoms with van der Waals surface area (Å²) in [6, 6.07) is 7.73. The first-order chi connectivity index (χ1) is 14.9. The number of fused-ring (bicyclic) bond motifs is 1. The molecule has 7 nitrogen and oxygen atoms in total. The Morgan fingerprint density at radius 1 is 1.26 bits per heavy atom. The molecule has 2 amide bonds. The number of benzene rings is 1. The maximum absolute atomic E-state index is 12.9. The monoisotopic (exact) mass is 422 g/mol. The number of carbonyl (C=O) groups is 2. The Labute approximate surface area is 183 Å². The zero-order valence-corrected chi connectivity index (χ0v) is 18.7. The lowest BCUT2D eigenvalue weighted by Crippen LogP contribution is -2.41. The van der Waals surface area contributed by atoms with E-state index in [1.165, 1.54) is 0 Å². The van der Waals surface area contributed by atoms with Gasteiger partial charge in [-0.15, -0.1) is 0 Å². The summed E-state index contributed by atoms with van der Waals surface area (Å²) in [5.74, 6) is 2.46. The maximum Gasteiger partial charge on any atom is 0.233 e. The summed E-state index contributed by atoms with van der Waals surface area (Å²) in [4.78, 5) is 38.7. The molecule has 1 aromatic carbocycles. The molecule has 164 valence electrons. The van der Waals surface area contributed by atoms with Gasteiger partial charge in [-0.2, -0.15) is 0 Å². The van der Waals surface area contributed by atoms with Gasteiger partial charge in [0.15, 0.2) is 0 Å². The highest BCUT2D eigenvalue weighted by Crippen LogP contribution is 2.34. The van der Waals surface area contributed by atoms with Crippen LogP contribution in [0.3, 0.4) is 0 Å². The van der Waals surface area contributed by atoms with Gasteiger partial charge in [0.1, 0.15) is 17.4 Å². The van der Waals surface area contributed by atoms with E-state index < -0.39 is 0 Å². The molecule has 0 N–H and O–H groups in total. The predicted octanol–water partition coefficient (Wildman–Crippen LogP) is 3.24. The molecule has 1 aromatic heterocycles. The molecule has 0 bridgehead atoms. The van der Waals surface area contributed by atoms with Crippen LogP contribution < -0.4 is 9.64 Å². The van der Waals surface area contributed by atoms with Gasteiger partial charge in [0.25, 0.3) is 0 Å². The molecule has 2 aliphatic rings. The minimum absolute atomic E-state index is 0.0182. The van der Waals surface area contributed by atoms with E-state index in [1.807, 2.05) is 49.9 Å². The second-order valence-electron chi connectivity index (χ2n) is 8.72. The van der Waals surface area contributed by atoms with Gasteiger partial charge in [-0.3, -0.25) is 14.5 Å². The van der Waals surface area contributed by atoms with Crippen LogP contribution in [0.4, 0.5) is 5.82 Å². The van der Waals surface area contributed by atoms with E-state index in [0.717, 1.165) is 47.8 Å². The van der Waals surface area contributed by atoms with Gasteiger partial charge >= 0.3 is 0 Å². The fourth-order valence-electron chi connectivity index (χ4n) is 4.50. The van der Waals surface area contributed by atoms with Crippen molar-refractivity contribution in [2.45, 2.75) is 52.5 Å². The number of amides is 2. The van der Waals surface area contributed by atoms with Gasteiger partial charge in [-0.1, -0.05) is 32.0 Å². The number of rotatable bonds is 5. The molecule has 1 atom stereocenters. The quantitative estimate of drug-likeness (QED) is 0.739. The highest BCUT2D eigenvalue weighted by molar-refractivity contribution is 6.00. The zero-order chi connectivity index (χ0) is 22.1. The molecule has 0 saturated carbocycles. The van der Waals surface area contributed by atoms with Gasteiger partial charge < -0.3 is 9.64 Å². The summed E-state index contributed by atoms with van der Waals surface area (Å²) in [6.07, 6.45) is 2.20. The van der Waals surface area contributed by atoms with Gasteiger partial charge in [0.2, 0.25) is 11.8 Å². The lowest BCUT2D eigenvalue weighted by atomic mass is 9.95. The second kappa shape index (κ2) is 8.65. The number of hydrogen-bond acceptors (Lipinski definition) is 5. The largest absolute Gasteiger partial charge is 0.496 e. The minimum Gasteiger partial charge on any atom is -0.496 e. The van der Waals surface area contributed by atoms with E-state index in [0.29, 0.717) is 25.3 Å². The maximum atomic E-state index is 12.9. The lowest BCUT2D eigenvalue weighted by molar-refractivity contribution is -0.135. The SMILES string of the molecule is COc1ccccc1CN1C(=O)Cc2c(C)nc([C@H]3CCCN(C(=O)C(C)C)C3)nc21. The highest BCUT2D eigenvalue weighted by Gasteiger charge is 2.34. The van der Waals surface area contributed by atoms with E-state index in [-0.39, 0.29) is 23.7 Å². The third kappa shape index (κ3) is 4.13. The zero-order valence-electron chi connectivity index (χ0n) is 18.7. The van der Waals surface area contributed by atoms with Gasteiger partial charge in [0, 0.05) is 41.7 Å². The van der Waals surface area contributed by atoms with E-state index in [4.69, 9.17) is 14.7 Å². The van der Waals surface area contributed by atoms with Crippen LogP contribution in [0.25, 0.3) is 0 Å². The van der Waals surface area contributed by atoms with Crippen molar-refractivity contribution in [1.82, 2.24) is 14.9 Å². The smallest absolute Gasteiger partial charge is 0.233 e. The molecule has 0 radical (unpaired) electrons. The Morgan fingerprint density at radius 3 is 2.77 bits per heavy atom. The third-order valence-corrected chi connectivity index (χ3v) is 6.21. The van der Waals surface area contributed by atoms with Crippen LogP contribution in [0.15, 0.2) is 24.3 Å². The van der Waals surface area contributed by atoms with Crippen molar-refractivity contribution in [3.05, 3.63) is 46.9 Å². The predicted molar refractivity (Wildman–Crippen MR) is 118 cm³/mol. The van der Waals surface area contributed by atoms with Gasteiger partial charge in [-0.05, 0) is 25.8 Å². The van der Waals surface area contributed by atoms with Crippen molar-refractivity contribution < 1.29 is 14.3 Å². The second-order valence-corrected chi connectivity index (χ2v) is 8.72. The van der Waals surface area contributed by atoms with Gasteiger partial charge in [-0.25, -0.2) is 9.97 Å². The number of methoxy groups -OCH3 is 1. The first kappa shape index (κ1) is 21.3. The molecular formula is C24H30N4O3. The van der Waals surface area contributed by atoms with Crippen LogP contribution in [-0.4, -0.2) is 46.9 Å². The molecule has 3 heterocycles. The van der Waals surface area contributed by atoms with Crippen molar-refractivity contribution in [2.75, 3.05) is 25.1 Å². The number of likely N-dealkylation sites (tertiary alicyclic amines) is 1. The first-order valence-corrected chi connectivity index (χ1v) is 11.0. The summed E-state index contributed by atoms with van der Waals surface area (Å²) < 4.78 is 5.47. The Morgan fingerprint density at radius 2 is 2.03 bits per heavy atom. The Kier molecular flexibility index (Phi) is 5.94. The van der Waals surface area contributed by atoms with E-state index in [2.05, 4.69) is 0 Å². The number of aryl methyl sites for hydroxylation is 1. The average molecular weight is 423 g/mol. The number of piperidine rings is 1. The van der Waals surface area contributed by atoms with Gasteiger partial charge in [0.05, 0.1) is 20.1 Å². The molecular weight excluding hydrogens is 392 g/mol. The Balaban J connectivity index is 1.63. The van der Waals surface area contributed by atoms with Crippen molar-refractivity contribution >= 4 is 17.6 Å². The summed E-state index contributed by atoms with van der Waals surface area (Å²) in [6.45, 7) is 7.65. The number of para-hydroxylation sites is 1. The van der Waals surface area contributed by atoms with E-state index >= 15 is 0 Å². The number of ether oxygens (including phenoxy) is 1. The molecule has 2 aromatic rings. The van der Waals surface area contributed by atoms with E-state index in [9.17, 15) is 9.59 Å². The minimum atomic E-state index is -0.0182. The fraction of sp³-hybridized carbons (Fsp3) is 0.500. The summed E-state index contributed by atoms with van der Waals surface area (Å²) in [5, 5.41) is 0. The number of aromatic nitrogens is 2. The topological polar surface area (TPSA) is 75.6 Å². The third-order valence-electron chi connectivity index (χ3n) is 6.21. The summed E-state index contributed by atoms with van der Waals surface area (Å²) >= 11 is 0. The molecule has 1 saturated heterocycles. The van der Waals surface area contributed by atoms with Crippen LogP contribution in [0.1, 0.15) is 55.3 Å². The normalized spacial score (nSPS) is 18.5. The van der Waals surface area contributed by atoms with Crippen molar-refractivity contribution in [1.29, 1.82) is 0 Å². The molecule has 4 rings (SSSR count). The molecule has 0 unspecified atom stereocenters.